The number of aromatic nitrogens is 2. The molecular formula is C24H20ClN3O3. The molecule has 0 saturated heterocycles. The van der Waals surface area contributed by atoms with Crippen LogP contribution in [0.15, 0.2) is 71.5 Å². The minimum Gasteiger partial charge on any atom is -0.454 e. The van der Waals surface area contributed by atoms with Gasteiger partial charge in [0.2, 0.25) is 6.79 Å². The molecule has 0 saturated carbocycles. The number of ether oxygens (including phenoxy) is 2. The van der Waals surface area contributed by atoms with E-state index < -0.39 is 0 Å². The number of halogens is 1. The van der Waals surface area contributed by atoms with E-state index in [0.29, 0.717) is 45.5 Å². The smallest absolute Gasteiger partial charge is 0.266 e. The van der Waals surface area contributed by atoms with Crippen molar-refractivity contribution in [2.45, 2.75) is 19.5 Å². The lowest BCUT2D eigenvalue weighted by molar-refractivity contribution is 0.174. The third-order valence-electron chi connectivity index (χ3n) is 5.37. The molecule has 1 aliphatic rings. The summed E-state index contributed by atoms with van der Waals surface area (Å²) in [6, 6.07) is 20.6. The highest BCUT2D eigenvalue weighted by Gasteiger charge is 2.18. The summed E-state index contributed by atoms with van der Waals surface area (Å²) in [4.78, 5) is 18.2. The molecule has 3 aromatic carbocycles. The molecule has 0 spiro atoms. The predicted molar refractivity (Wildman–Crippen MR) is 120 cm³/mol. The summed E-state index contributed by atoms with van der Waals surface area (Å²) in [5.41, 5.74) is 2.28. The monoisotopic (exact) mass is 433 g/mol. The van der Waals surface area contributed by atoms with Crippen molar-refractivity contribution in [2.24, 2.45) is 0 Å². The van der Waals surface area contributed by atoms with Gasteiger partial charge in [-0.25, -0.2) is 4.98 Å². The summed E-state index contributed by atoms with van der Waals surface area (Å²) >= 11 is 6.14. The first-order chi connectivity index (χ1) is 15.1. The highest BCUT2D eigenvalue weighted by Crippen LogP contribution is 2.33. The normalized spacial score (nSPS) is 13.5. The molecule has 5 rings (SSSR count). The summed E-state index contributed by atoms with van der Waals surface area (Å²) < 4.78 is 12.5. The molecule has 1 aliphatic heterocycles. The van der Waals surface area contributed by atoms with E-state index in [1.807, 2.05) is 60.7 Å². The lowest BCUT2D eigenvalue weighted by atomic mass is 10.1. The Labute approximate surface area is 184 Å². The Morgan fingerprint density at radius 2 is 1.90 bits per heavy atom. The van der Waals surface area contributed by atoms with Gasteiger partial charge in [-0.2, -0.15) is 0 Å². The Balaban J connectivity index is 1.56. The zero-order chi connectivity index (χ0) is 21.4. The predicted octanol–water partition coefficient (Wildman–Crippen LogP) is 4.62. The van der Waals surface area contributed by atoms with Crippen LogP contribution in [-0.2, 0) is 6.54 Å². The van der Waals surface area contributed by atoms with Gasteiger partial charge in [-0.05, 0) is 48.9 Å². The van der Waals surface area contributed by atoms with E-state index in [1.165, 1.54) is 0 Å². The summed E-state index contributed by atoms with van der Waals surface area (Å²) in [7, 11) is 0. The number of para-hydroxylation sites is 1. The van der Waals surface area contributed by atoms with Crippen LogP contribution in [0.2, 0.25) is 5.02 Å². The molecule has 7 heteroatoms. The third kappa shape index (κ3) is 3.76. The van der Waals surface area contributed by atoms with E-state index in [1.54, 1.807) is 10.6 Å². The van der Waals surface area contributed by atoms with Gasteiger partial charge in [0.1, 0.15) is 5.82 Å². The SMILES string of the molecule is C[C@@H](NCc1nc2ccccc2c(=O)n1-c1ccc2c(c1)OCO2)c1cccc(Cl)c1. The molecule has 1 N–H and O–H groups in total. The molecule has 0 radical (unpaired) electrons. The number of hydrogen-bond acceptors (Lipinski definition) is 5. The van der Waals surface area contributed by atoms with E-state index in [9.17, 15) is 4.79 Å². The number of fused-ring (bicyclic) bond motifs is 2. The Morgan fingerprint density at radius 1 is 1.06 bits per heavy atom. The topological polar surface area (TPSA) is 65.4 Å². The van der Waals surface area contributed by atoms with Crippen molar-refractivity contribution in [3.8, 4) is 17.2 Å². The first-order valence-electron chi connectivity index (χ1n) is 10.00. The molecule has 1 atom stereocenters. The fraction of sp³-hybridized carbons (Fsp3) is 0.167. The largest absolute Gasteiger partial charge is 0.454 e. The maximum absolute atomic E-state index is 13.4. The molecule has 0 fully saturated rings. The minimum absolute atomic E-state index is 0.0206. The summed E-state index contributed by atoms with van der Waals surface area (Å²) in [6.45, 7) is 2.62. The average Bonchev–Trinajstić information content (AvgIpc) is 3.25. The van der Waals surface area contributed by atoms with Gasteiger partial charge in [0.25, 0.3) is 5.56 Å². The molecule has 0 bridgehead atoms. The lowest BCUT2D eigenvalue weighted by Gasteiger charge is -2.18. The number of hydrogen-bond donors (Lipinski definition) is 1. The van der Waals surface area contributed by atoms with Crippen molar-refractivity contribution in [3.05, 3.63) is 93.5 Å². The third-order valence-corrected chi connectivity index (χ3v) is 5.61. The van der Waals surface area contributed by atoms with Crippen molar-refractivity contribution < 1.29 is 9.47 Å². The second-order valence-electron chi connectivity index (χ2n) is 7.38. The number of benzene rings is 3. The van der Waals surface area contributed by atoms with Crippen molar-refractivity contribution in [1.82, 2.24) is 14.9 Å². The van der Waals surface area contributed by atoms with Crippen LogP contribution in [0, 0.1) is 0 Å². The Hall–Kier alpha value is -3.35. The Morgan fingerprint density at radius 3 is 2.77 bits per heavy atom. The first kappa shape index (κ1) is 19.6. The van der Waals surface area contributed by atoms with Crippen molar-refractivity contribution >= 4 is 22.5 Å². The summed E-state index contributed by atoms with van der Waals surface area (Å²) in [5.74, 6) is 1.89. The van der Waals surface area contributed by atoms with Crippen molar-refractivity contribution in [2.75, 3.05) is 6.79 Å². The van der Waals surface area contributed by atoms with Crippen LogP contribution in [0.5, 0.6) is 11.5 Å². The molecule has 156 valence electrons. The van der Waals surface area contributed by atoms with Gasteiger partial charge >= 0.3 is 0 Å². The zero-order valence-electron chi connectivity index (χ0n) is 16.8. The minimum atomic E-state index is -0.128. The number of nitrogens with zero attached hydrogens (tertiary/aromatic N) is 2. The van der Waals surface area contributed by atoms with Crippen LogP contribution >= 0.6 is 11.6 Å². The van der Waals surface area contributed by atoms with E-state index in [4.69, 9.17) is 26.1 Å². The van der Waals surface area contributed by atoms with Crippen molar-refractivity contribution in [1.29, 1.82) is 0 Å². The molecule has 1 aromatic heterocycles. The van der Waals surface area contributed by atoms with Crippen LogP contribution < -0.4 is 20.3 Å². The molecule has 0 unspecified atom stereocenters. The van der Waals surface area contributed by atoms with Gasteiger partial charge in [-0.1, -0.05) is 35.9 Å². The van der Waals surface area contributed by atoms with Gasteiger partial charge in [-0.15, -0.1) is 0 Å². The average molecular weight is 434 g/mol. The van der Waals surface area contributed by atoms with Crippen LogP contribution in [0.3, 0.4) is 0 Å². The molecule has 2 heterocycles. The highest BCUT2D eigenvalue weighted by atomic mass is 35.5. The Kier molecular flexibility index (Phi) is 5.10. The summed E-state index contributed by atoms with van der Waals surface area (Å²) in [6.07, 6.45) is 0. The van der Waals surface area contributed by atoms with Gasteiger partial charge in [0.15, 0.2) is 11.5 Å². The van der Waals surface area contributed by atoms with E-state index >= 15 is 0 Å². The van der Waals surface area contributed by atoms with Gasteiger partial charge in [0, 0.05) is 17.1 Å². The molecule has 0 aliphatic carbocycles. The van der Waals surface area contributed by atoms with Crippen molar-refractivity contribution in [3.63, 3.8) is 0 Å². The van der Waals surface area contributed by atoms with E-state index in [2.05, 4.69) is 12.2 Å². The van der Waals surface area contributed by atoms with Gasteiger partial charge in [0.05, 0.1) is 23.1 Å². The fourth-order valence-electron chi connectivity index (χ4n) is 3.73. The summed E-state index contributed by atoms with van der Waals surface area (Å²) in [5, 5.41) is 4.71. The molecular weight excluding hydrogens is 414 g/mol. The highest BCUT2D eigenvalue weighted by molar-refractivity contribution is 6.30. The lowest BCUT2D eigenvalue weighted by Crippen LogP contribution is -2.28. The number of rotatable bonds is 5. The maximum Gasteiger partial charge on any atom is 0.266 e. The molecule has 4 aromatic rings. The molecule has 31 heavy (non-hydrogen) atoms. The van der Waals surface area contributed by atoms with Crippen LogP contribution in [0.25, 0.3) is 16.6 Å². The zero-order valence-corrected chi connectivity index (χ0v) is 17.6. The maximum atomic E-state index is 13.4. The van der Waals surface area contributed by atoms with Gasteiger partial charge in [-0.3, -0.25) is 9.36 Å². The van der Waals surface area contributed by atoms with E-state index in [-0.39, 0.29) is 18.4 Å². The van der Waals surface area contributed by atoms with Crippen LogP contribution in [0.4, 0.5) is 0 Å². The second-order valence-corrected chi connectivity index (χ2v) is 7.82. The Bertz CT molecular complexity index is 1340. The molecule has 0 amide bonds. The van der Waals surface area contributed by atoms with Crippen LogP contribution in [-0.4, -0.2) is 16.3 Å². The van der Waals surface area contributed by atoms with Gasteiger partial charge < -0.3 is 14.8 Å². The van der Waals surface area contributed by atoms with E-state index in [0.717, 1.165) is 5.56 Å². The number of nitrogens with one attached hydrogen (secondary N) is 1. The second kappa shape index (κ2) is 8.06. The van der Waals surface area contributed by atoms with Crippen LogP contribution in [0.1, 0.15) is 24.4 Å². The first-order valence-corrected chi connectivity index (χ1v) is 10.4. The quantitative estimate of drug-likeness (QED) is 0.497. The fourth-order valence-corrected chi connectivity index (χ4v) is 3.92. The molecule has 6 nitrogen and oxygen atoms in total. The standard InChI is InChI=1S/C24H20ClN3O3/c1-15(16-5-4-6-17(25)11-16)26-13-23-27-20-8-3-2-7-19(20)24(29)28(23)18-9-10-21-22(12-18)31-14-30-21/h2-12,15,26H,13-14H2,1H3/t15-/m1/s1.